The third-order valence-corrected chi connectivity index (χ3v) is 2.30. The van der Waals surface area contributed by atoms with E-state index in [-0.39, 0.29) is 23.0 Å². The second kappa shape index (κ2) is 3.82. The van der Waals surface area contributed by atoms with E-state index in [1.807, 2.05) is 0 Å². The molecular formula is C6H10ClN3O2S. The molecule has 0 saturated heterocycles. The highest BCUT2D eigenvalue weighted by Gasteiger charge is 2.08. The molecule has 0 heterocycles. The van der Waals surface area contributed by atoms with Gasteiger partial charge in [0.05, 0.1) is 16.3 Å². The fourth-order valence-corrected chi connectivity index (χ4v) is 1.28. The van der Waals surface area contributed by atoms with Gasteiger partial charge in [-0.2, -0.15) is 0 Å². The van der Waals surface area contributed by atoms with Gasteiger partial charge < -0.3 is 11.5 Å². The number of sulfonamides is 1. The molecule has 1 aromatic carbocycles. The Labute approximate surface area is 82.4 Å². The molecule has 0 aliphatic heterocycles. The zero-order valence-corrected chi connectivity index (χ0v) is 8.23. The van der Waals surface area contributed by atoms with Crippen LogP contribution in [0.5, 0.6) is 0 Å². The highest BCUT2D eigenvalue weighted by molar-refractivity contribution is 7.89. The molecule has 0 aromatic heterocycles. The molecule has 0 fully saturated rings. The molecular weight excluding hydrogens is 214 g/mol. The van der Waals surface area contributed by atoms with Gasteiger partial charge in [-0.3, -0.25) is 0 Å². The van der Waals surface area contributed by atoms with Crippen LogP contribution in [0.15, 0.2) is 23.1 Å². The molecule has 0 unspecified atom stereocenters. The normalized spacial score (nSPS) is 10.5. The highest BCUT2D eigenvalue weighted by atomic mass is 35.5. The second-order valence-electron chi connectivity index (χ2n) is 2.34. The lowest BCUT2D eigenvalue weighted by Crippen LogP contribution is -2.12. The lowest BCUT2D eigenvalue weighted by molar-refractivity contribution is 0.598. The number of benzene rings is 1. The van der Waals surface area contributed by atoms with Crippen molar-refractivity contribution in [1.82, 2.24) is 0 Å². The van der Waals surface area contributed by atoms with E-state index in [1.165, 1.54) is 18.2 Å². The van der Waals surface area contributed by atoms with E-state index in [9.17, 15) is 8.42 Å². The number of primary sulfonamides is 1. The van der Waals surface area contributed by atoms with Crippen LogP contribution in [0, 0.1) is 0 Å². The Hall–Kier alpha value is -0.980. The van der Waals surface area contributed by atoms with Gasteiger partial charge in [0.1, 0.15) is 0 Å². The van der Waals surface area contributed by atoms with Gasteiger partial charge in [0, 0.05) is 0 Å². The van der Waals surface area contributed by atoms with Gasteiger partial charge in [0.15, 0.2) is 0 Å². The average molecular weight is 224 g/mol. The SMILES string of the molecule is Cl.Nc1ccc(S(N)(=O)=O)cc1N. The third kappa shape index (κ3) is 2.76. The summed E-state index contributed by atoms with van der Waals surface area (Å²) in [6, 6.07) is 3.93. The molecule has 7 heteroatoms. The summed E-state index contributed by atoms with van der Waals surface area (Å²) < 4.78 is 21.6. The van der Waals surface area contributed by atoms with Gasteiger partial charge in [-0.25, -0.2) is 13.6 Å². The Bertz CT molecular complexity index is 404. The van der Waals surface area contributed by atoms with Crippen molar-refractivity contribution in [3.05, 3.63) is 18.2 Å². The van der Waals surface area contributed by atoms with Crippen molar-refractivity contribution in [2.45, 2.75) is 4.90 Å². The van der Waals surface area contributed by atoms with E-state index >= 15 is 0 Å². The first kappa shape index (κ1) is 12.0. The van der Waals surface area contributed by atoms with E-state index in [0.29, 0.717) is 5.69 Å². The van der Waals surface area contributed by atoms with Crippen molar-refractivity contribution in [2.75, 3.05) is 11.5 Å². The number of anilines is 2. The largest absolute Gasteiger partial charge is 0.397 e. The standard InChI is InChI=1S/C6H9N3O2S.ClH/c7-5-2-1-4(3-6(5)8)12(9,10)11;/h1-3H,7-8H2,(H2,9,10,11);1H. The fraction of sp³-hybridized carbons (Fsp3) is 0. The topological polar surface area (TPSA) is 112 Å². The van der Waals surface area contributed by atoms with Gasteiger partial charge >= 0.3 is 0 Å². The van der Waals surface area contributed by atoms with Crippen LogP contribution in [-0.4, -0.2) is 8.42 Å². The molecule has 0 saturated carbocycles. The first-order valence-electron chi connectivity index (χ1n) is 3.09. The number of hydrogen-bond donors (Lipinski definition) is 3. The summed E-state index contributed by atoms with van der Waals surface area (Å²) in [6.07, 6.45) is 0. The van der Waals surface area contributed by atoms with Crippen molar-refractivity contribution in [2.24, 2.45) is 5.14 Å². The molecule has 0 aliphatic rings. The molecule has 0 aliphatic carbocycles. The van der Waals surface area contributed by atoms with E-state index < -0.39 is 10.0 Å². The van der Waals surface area contributed by atoms with Gasteiger partial charge in [0.2, 0.25) is 10.0 Å². The first-order valence-corrected chi connectivity index (χ1v) is 4.63. The van der Waals surface area contributed by atoms with E-state index in [1.54, 1.807) is 0 Å². The number of hydrogen-bond acceptors (Lipinski definition) is 4. The molecule has 5 nitrogen and oxygen atoms in total. The van der Waals surface area contributed by atoms with Crippen molar-refractivity contribution in [3.63, 3.8) is 0 Å². The minimum absolute atomic E-state index is 0. The van der Waals surface area contributed by atoms with Crippen molar-refractivity contribution >= 4 is 33.8 Å². The van der Waals surface area contributed by atoms with Crippen LogP contribution in [-0.2, 0) is 10.0 Å². The lowest BCUT2D eigenvalue weighted by atomic mass is 10.3. The molecule has 1 aromatic rings. The van der Waals surface area contributed by atoms with Crippen molar-refractivity contribution < 1.29 is 8.42 Å². The predicted molar refractivity (Wildman–Crippen MR) is 53.9 cm³/mol. The molecule has 13 heavy (non-hydrogen) atoms. The van der Waals surface area contributed by atoms with Crippen LogP contribution in [0.1, 0.15) is 0 Å². The highest BCUT2D eigenvalue weighted by Crippen LogP contribution is 2.18. The van der Waals surface area contributed by atoms with E-state index in [2.05, 4.69) is 0 Å². The summed E-state index contributed by atoms with van der Waals surface area (Å²) in [5.74, 6) is 0. The molecule has 0 spiro atoms. The van der Waals surface area contributed by atoms with Crippen LogP contribution in [0.4, 0.5) is 11.4 Å². The van der Waals surface area contributed by atoms with Gasteiger partial charge in [-0.15, -0.1) is 12.4 Å². The molecule has 0 bridgehead atoms. The number of rotatable bonds is 1. The fourth-order valence-electron chi connectivity index (χ4n) is 0.730. The molecule has 1 rings (SSSR count). The third-order valence-electron chi connectivity index (χ3n) is 1.39. The van der Waals surface area contributed by atoms with Crippen molar-refractivity contribution in [1.29, 1.82) is 0 Å². The quantitative estimate of drug-likeness (QED) is 0.578. The molecule has 0 radical (unpaired) electrons. The maximum atomic E-state index is 10.8. The van der Waals surface area contributed by atoms with Crippen LogP contribution >= 0.6 is 12.4 Å². The Morgan fingerprint density at radius 3 is 2.00 bits per heavy atom. The summed E-state index contributed by atoms with van der Waals surface area (Å²) in [5, 5.41) is 4.85. The van der Waals surface area contributed by atoms with E-state index in [4.69, 9.17) is 16.6 Å². The monoisotopic (exact) mass is 223 g/mol. The summed E-state index contributed by atoms with van der Waals surface area (Å²) in [4.78, 5) is -0.0331. The Kier molecular flexibility index (Phi) is 3.53. The van der Waals surface area contributed by atoms with Crippen molar-refractivity contribution in [3.8, 4) is 0 Å². The molecule has 0 amide bonds. The van der Waals surface area contributed by atoms with Crippen LogP contribution < -0.4 is 16.6 Å². The second-order valence-corrected chi connectivity index (χ2v) is 3.90. The summed E-state index contributed by atoms with van der Waals surface area (Å²) in [6.45, 7) is 0. The van der Waals surface area contributed by atoms with Gasteiger partial charge in [-0.1, -0.05) is 0 Å². The maximum Gasteiger partial charge on any atom is 0.238 e. The summed E-state index contributed by atoms with van der Waals surface area (Å²) in [5.41, 5.74) is 11.3. The predicted octanol–water partition coefficient (Wildman–Crippen LogP) is -0.0798. The summed E-state index contributed by atoms with van der Waals surface area (Å²) >= 11 is 0. The van der Waals surface area contributed by atoms with Crippen LogP contribution in [0.2, 0.25) is 0 Å². The average Bonchev–Trinajstić information content (AvgIpc) is 1.92. The minimum atomic E-state index is -3.68. The smallest absolute Gasteiger partial charge is 0.238 e. The number of halogens is 1. The Morgan fingerprint density at radius 2 is 1.62 bits per heavy atom. The zero-order chi connectivity index (χ0) is 9.35. The lowest BCUT2D eigenvalue weighted by Gasteiger charge is -2.01. The number of nitrogen functional groups attached to an aromatic ring is 2. The molecule has 0 atom stereocenters. The van der Waals surface area contributed by atoms with E-state index in [0.717, 1.165) is 0 Å². The Morgan fingerprint density at radius 1 is 1.08 bits per heavy atom. The van der Waals surface area contributed by atoms with Crippen LogP contribution in [0.25, 0.3) is 0 Å². The zero-order valence-electron chi connectivity index (χ0n) is 6.60. The maximum absolute atomic E-state index is 10.8. The summed E-state index contributed by atoms with van der Waals surface area (Å²) in [7, 11) is -3.68. The molecule has 6 N–H and O–H groups in total. The molecule has 74 valence electrons. The Balaban J connectivity index is 0.00000144. The minimum Gasteiger partial charge on any atom is -0.397 e. The van der Waals surface area contributed by atoms with Gasteiger partial charge in [0.25, 0.3) is 0 Å². The van der Waals surface area contributed by atoms with Crippen LogP contribution in [0.3, 0.4) is 0 Å². The first-order chi connectivity index (χ1) is 5.41. The number of nitrogens with two attached hydrogens (primary N) is 3. The van der Waals surface area contributed by atoms with Gasteiger partial charge in [-0.05, 0) is 18.2 Å².